The molecule has 2 rings (SSSR count). The Morgan fingerprint density at radius 1 is 1.37 bits per heavy atom. The molecule has 2 fully saturated rings. The van der Waals surface area contributed by atoms with Gasteiger partial charge in [-0.15, -0.1) is 0 Å². The van der Waals surface area contributed by atoms with Gasteiger partial charge in [0, 0.05) is 38.8 Å². The van der Waals surface area contributed by atoms with Gasteiger partial charge in [-0.25, -0.2) is 0 Å². The van der Waals surface area contributed by atoms with E-state index in [9.17, 15) is 0 Å². The lowest BCUT2D eigenvalue weighted by Gasteiger charge is -2.28. The van der Waals surface area contributed by atoms with E-state index in [-0.39, 0.29) is 0 Å². The summed E-state index contributed by atoms with van der Waals surface area (Å²) in [4.78, 5) is 0. The molecule has 4 nitrogen and oxygen atoms in total. The zero-order valence-corrected chi connectivity index (χ0v) is 12.3. The molecule has 2 heterocycles. The van der Waals surface area contributed by atoms with Crippen molar-refractivity contribution in [2.75, 3.05) is 46.6 Å². The van der Waals surface area contributed by atoms with Gasteiger partial charge < -0.3 is 19.5 Å². The molecule has 0 saturated carbocycles. The zero-order chi connectivity index (χ0) is 13.4. The number of methoxy groups -OCH3 is 1. The Balaban J connectivity index is 1.65. The summed E-state index contributed by atoms with van der Waals surface area (Å²) in [5.74, 6) is 0. The first-order chi connectivity index (χ1) is 9.35. The van der Waals surface area contributed by atoms with E-state index in [4.69, 9.17) is 14.2 Å². The van der Waals surface area contributed by atoms with E-state index in [0.29, 0.717) is 11.5 Å². The number of nitrogens with one attached hydrogen (secondary N) is 1. The molecule has 2 unspecified atom stereocenters. The van der Waals surface area contributed by atoms with Gasteiger partial charge in [0.25, 0.3) is 0 Å². The Hall–Kier alpha value is -0.160. The molecule has 2 atom stereocenters. The molecular formula is C15H29NO3. The molecule has 2 saturated heterocycles. The molecule has 0 radical (unpaired) electrons. The molecule has 0 spiro atoms. The van der Waals surface area contributed by atoms with Gasteiger partial charge >= 0.3 is 0 Å². The lowest BCUT2D eigenvalue weighted by atomic mass is 9.81. The molecule has 2 aliphatic heterocycles. The predicted octanol–water partition coefficient (Wildman–Crippen LogP) is 1.98. The van der Waals surface area contributed by atoms with Crippen molar-refractivity contribution in [2.45, 2.75) is 44.6 Å². The van der Waals surface area contributed by atoms with Gasteiger partial charge in [0.15, 0.2) is 0 Å². The molecule has 0 aromatic carbocycles. The third-order valence-electron chi connectivity index (χ3n) is 4.43. The van der Waals surface area contributed by atoms with Gasteiger partial charge in [0.05, 0.1) is 19.3 Å². The summed E-state index contributed by atoms with van der Waals surface area (Å²) in [6, 6.07) is 0. The maximum atomic E-state index is 5.70. The van der Waals surface area contributed by atoms with E-state index >= 15 is 0 Å². The van der Waals surface area contributed by atoms with Crippen molar-refractivity contribution in [2.24, 2.45) is 5.41 Å². The first kappa shape index (κ1) is 15.2. The molecule has 1 N–H and O–H groups in total. The SMILES string of the molecule is COCCNCC1(CCCC2CCCO2)CCOC1. The van der Waals surface area contributed by atoms with Crippen LogP contribution in [0.2, 0.25) is 0 Å². The van der Waals surface area contributed by atoms with E-state index in [2.05, 4.69) is 5.32 Å². The lowest BCUT2D eigenvalue weighted by Crippen LogP contribution is -2.36. The molecule has 0 aromatic rings. The van der Waals surface area contributed by atoms with Crippen LogP contribution < -0.4 is 5.32 Å². The summed E-state index contributed by atoms with van der Waals surface area (Å²) in [7, 11) is 1.75. The summed E-state index contributed by atoms with van der Waals surface area (Å²) in [6.07, 6.45) is 7.97. The Labute approximate surface area is 117 Å². The molecule has 0 bridgehead atoms. The molecular weight excluding hydrogens is 242 g/mol. The van der Waals surface area contributed by atoms with Crippen molar-refractivity contribution in [3.63, 3.8) is 0 Å². The lowest BCUT2D eigenvalue weighted by molar-refractivity contribution is 0.0934. The normalized spacial score (nSPS) is 31.1. The van der Waals surface area contributed by atoms with Crippen molar-refractivity contribution in [3.8, 4) is 0 Å². The maximum Gasteiger partial charge on any atom is 0.0587 e. The molecule has 2 aliphatic rings. The fraction of sp³-hybridized carbons (Fsp3) is 1.00. The minimum absolute atomic E-state index is 0.354. The number of hydrogen-bond donors (Lipinski definition) is 1. The van der Waals surface area contributed by atoms with E-state index < -0.39 is 0 Å². The van der Waals surface area contributed by atoms with E-state index in [1.165, 1.54) is 38.5 Å². The van der Waals surface area contributed by atoms with Crippen LogP contribution in [-0.2, 0) is 14.2 Å². The van der Waals surface area contributed by atoms with Crippen LogP contribution in [0, 0.1) is 5.41 Å². The largest absolute Gasteiger partial charge is 0.383 e. The highest BCUT2D eigenvalue weighted by Gasteiger charge is 2.34. The molecule has 0 amide bonds. The first-order valence-electron chi connectivity index (χ1n) is 7.74. The minimum Gasteiger partial charge on any atom is -0.383 e. The second-order valence-electron chi connectivity index (χ2n) is 6.00. The van der Waals surface area contributed by atoms with Crippen molar-refractivity contribution in [3.05, 3.63) is 0 Å². The van der Waals surface area contributed by atoms with E-state index in [0.717, 1.165) is 39.5 Å². The van der Waals surface area contributed by atoms with Gasteiger partial charge in [-0.05, 0) is 32.1 Å². The van der Waals surface area contributed by atoms with Crippen molar-refractivity contribution in [1.29, 1.82) is 0 Å². The van der Waals surface area contributed by atoms with Crippen LogP contribution in [0.25, 0.3) is 0 Å². The van der Waals surface area contributed by atoms with Crippen LogP contribution in [0.1, 0.15) is 38.5 Å². The summed E-state index contributed by atoms with van der Waals surface area (Å²) in [6.45, 7) is 5.58. The standard InChI is InChI=1S/C15H29NO3/c1-17-11-8-16-12-15(7-10-18-13-15)6-2-4-14-5-3-9-19-14/h14,16H,2-13H2,1H3. The van der Waals surface area contributed by atoms with Crippen LogP contribution in [0.15, 0.2) is 0 Å². The summed E-state index contributed by atoms with van der Waals surface area (Å²) in [5, 5.41) is 3.51. The first-order valence-corrected chi connectivity index (χ1v) is 7.74. The van der Waals surface area contributed by atoms with Crippen LogP contribution in [0.3, 0.4) is 0 Å². The van der Waals surface area contributed by atoms with Gasteiger partial charge in [0.2, 0.25) is 0 Å². The van der Waals surface area contributed by atoms with Crippen LogP contribution in [0.4, 0.5) is 0 Å². The van der Waals surface area contributed by atoms with Gasteiger partial charge in [0.1, 0.15) is 0 Å². The third-order valence-corrected chi connectivity index (χ3v) is 4.43. The highest BCUT2D eigenvalue weighted by Crippen LogP contribution is 2.34. The molecule has 4 heteroatoms. The van der Waals surface area contributed by atoms with Gasteiger partial charge in [-0.2, -0.15) is 0 Å². The summed E-state index contributed by atoms with van der Waals surface area (Å²) in [5.41, 5.74) is 0.354. The van der Waals surface area contributed by atoms with Crippen LogP contribution in [0.5, 0.6) is 0 Å². The Bertz CT molecular complexity index is 236. The monoisotopic (exact) mass is 271 g/mol. The van der Waals surface area contributed by atoms with E-state index in [1.807, 2.05) is 0 Å². The van der Waals surface area contributed by atoms with Crippen molar-refractivity contribution < 1.29 is 14.2 Å². The van der Waals surface area contributed by atoms with Crippen molar-refractivity contribution in [1.82, 2.24) is 5.32 Å². The predicted molar refractivity (Wildman–Crippen MR) is 75.4 cm³/mol. The highest BCUT2D eigenvalue weighted by atomic mass is 16.5. The van der Waals surface area contributed by atoms with Crippen molar-refractivity contribution >= 4 is 0 Å². The smallest absolute Gasteiger partial charge is 0.0587 e. The quantitative estimate of drug-likeness (QED) is 0.651. The maximum absolute atomic E-state index is 5.70. The third kappa shape index (κ3) is 5.03. The summed E-state index contributed by atoms with van der Waals surface area (Å²) >= 11 is 0. The minimum atomic E-state index is 0.354. The fourth-order valence-corrected chi connectivity index (χ4v) is 3.18. The van der Waals surface area contributed by atoms with E-state index in [1.54, 1.807) is 7.11 Å². The molecule has 19 heavy (non-hydrogen) atoms. The number of ether oxygens (including phenoxy) is 3. The average molecular weight is 271 g/mol. The fourth-order valence-electron chi connectivity index (χ4n) is 3.18. The second kappa shape index (κ2) is 8.20. The highest BCUT2D eigenvalue weighted by molar-refractivity contribution is 4.85. The Kier molecular flexibility index (Phi) is 6.57. The average Bonchev–Trinajstić information content (AvgIpc) is 3.07. The molecule has 0 aliphatic carbocycles. The number of hydrogen-bond acceptors (Lipinski definition) is 4. The Morgan fingerprint density at radius 2 is 2.32 bits per heavy atom. The summed E-state index contributed by atoms with van der Waals surface area (Å²) < 4.78 is 16.4. The van der Waals surface area contributed by atoms with Crippen LogP contribution >= 0.6 is 0 Å². The van der Waals surface area contributed by atoms with Gasteiger partial charge in [-0.1, -0.05) is 6.42 Å². The zero-order valence-electron chi connectivity index (χ0n) is 12.3. The topological polar surface area (TPSA) is 39.7 Å². The molecule has 0 aromatic heterocycles. The molecule has 112 valence electrons. The van der Waals surface area contributed by atoms with Crippen LogP contribution in [-0.4, -0.2) is 52.7 Å². The van der Waals surface area contributed by atoms with Gasteiger partial charge in [-0.3, -0.25) is 0 Å². The second-order valence-corrected chi connectivity index (χ2v) is 6.00. The number of rotatable bonds is 9. The Morgan fingerprint density at radius 3 is 3.00 bits per heavy atom.